The van der Waals surface area contributed by atoms with E-state index in [-0.39, 0.29) is 0 Å². The Morgan fingerprint density at radius 1 is 1.24 bits per heavy atom. The van der Waals surface area contributed by atoms with Crippen molar-refractivity contribution in [3.8, 4) is 0 Å². The van der Waals surface area contributed by atoms with Crippen LogP contribution in [0.4, 0.5) is 5.69 Å². The standard InChI is InChI=1S/C12H20N2O2S/c1-3-5-11-6-4-7-12(10-11)13-8-9-14-17(2,15)16/h4,6-7,10,13-14H,3,5,8-9H2,1-2H3. The molecule has 0 heterocycles. The Morgan fingerprint density at radius 2 is 2.00 bits per heavy atom. The third-order valence-electron chi connectivity index (χ3n) is 2.28. The predicted octanol–water partition coefficient (Wildman–Crippen LogP) is 1.60. The van der Waals surface area contributed by atoms with Gasteiger partial charge >= 0.3 is 0 Å². The van der Waals surface area contributed by atoms with Crippen molar-refractivity contribution in [3.63, 3.8) is 0 Å². The van der Waals surface area contributed by atoms with Crippen molar-refractivity contribution in [2.45, 2.75) is 19.8 Å². The molecule has 2 N–H and O–H groups in total. The molecule has 0 saturated carbocycles. The molecule has 1 aromatic carbocycles. The van der Waals surface area contributed by atoms with Crippen LogP contribution in [-0.4, -0.2) is 27.8 Å². The van der Waals surface area contributed by atoms with Gasteiger partial charge in [-0.1, -0.05) is 25.5 Å². The van der Waals surface area contributed by atoms with Gasteiger partial charge in [-0.05, 0) is 24.1 Å². The lowest BCUT2D eigenvalue weighted by molar-refractivity contribution is 0.589. The van der Waals surface area contributed by atoms with Crippen molar-refractivity contribution in [2.24, 2.45) is 0 Å². The van der Waals surface area contributed by atoms with E-state index >= 15 is 0 Å². The SMILES string of the molecule is CCCc1cccc(NCCNS(C)(=O)=O)c1. The molecule has 4 nitrogen and oxygen atoms in total. The molecule has 0 spiro atoms. The van der Waals surface area contributed by atoms with Gasteiger partial charge in [-0.3, -0.25) is 0 Å². The van der Waals surface area contributed by atoms with Gasteiger partial charge in [0, 0.05) is 18.8 Å². The summed E-state index contributed by atoms with van der Waals surface area (Å²) in [5.74, 6) is 0. The normalized spacial score (nSPS) is 11.4. The van der Waals surface area contributed by atoms with Crippen molar-refractivity contribution in [3.05, 3.63) is 29.8 Å². The maximum Gasteiger partial charge on any atom is 0.208 e. The topological polar surface area (TPSA) is 58.2 Å². The van der Waals surface area contributed by atoms with Crippen LogP contribution < -0.4 is 10.0 Å². The van der Waals surface area contributed by atoms with E-state index in [1.807, 2.05) is 12.1 Å². The largest absolute Gasteiger partial charge is 0.384 e. The Balaban J connectivity index is 2.38. The van der Waals surface area contributed by atoms with E-state index in [1.165, 1.54) is 5.56 Å². The molecule has 0 bridgehead atoms. The third-order valence-corrected chi connectivity index (χ3v) is 3.01. The molecule has 17 heavy (non-hydrogen) atoms. The van der Waals surface area contributed by atoms with Crippen LogP contribution in [0.1, 0.15) is 18.9 Å². The first-order valence-electron chi connectivity index (χ1n) is 5.78. The van der Waals surface area contributed by atoms with Gasteiger partial charge in [0.1, 0.15) is 0 Å². The molecular formula is C12H20N2O2S. The first-order chi connectivity index (χ1) is 8.01. The summed E-state index contributed by atoms with van der Waals surface area (Å²) >= 11 is 0. The molecule has 0 saturated heterocycles. The molecule has 1 rings (SSSR count). The van der Waals surface area contributed by atoms with E-state index < -0.39 is 10.0 Å². The number of sulfonamides is 1. The summed E-state index contributed by atoms with van der Waals surface area (Å²) in [6.07, 6.45) is 3.35. The molecule has 0 aliphatic heterocycles. The zero-order valence-electron chi connectivity index (χ0n) is 10.4. The lowest BCUT2D eigenvalue weighted by Crippen LogP contribution is -2.27. The number of benzene rings is 1. The van der Waals surface area contributed by atoms with E-state index in [9.17, 15) is 8.42 Å². The molecule has 0 atom stereocenters. The maximum absolute atomic E-state index is 10.8. The van der Waals surface area contributed by atoms with E-state index in [4.69, 9.17) is 0 Å². The minimum atomic E-state index is -3.09. The van der Waals surface area contributed by atoms with Crippen LogP contribution in [0.5, 0.6) is 0 Å². The molecular weight excluding hydrogens is 236 g/mol. The smallest absolute Gasteiger partial charge is 0.208 e. The highest BCUT2D eigenvalue weighted by atomic mass is 32.2. The lowest BCUT2D eigenvalue weighted by Gasteiger charge is -2.08. The van der Waals surface area contributed by atoms with E-state index in [0.29, 0.717) is 13.1 Å². The number of hydrogen-bond acceptors (Lipinski definition) is 3. The van der Waals surface area contributed by atoms with Crippen LogP contribution >= 0.6 is 0 Å². The predicted molar refractivity (Wildman–Crippen MR) is 71.8 cm³/mol. The fourth-order valence-corrected chi connectivity index (χ4v) is 2.04. The lowest BCUT2D eigenvalue weighted by atomic mass is 10.1. The van der Waals surface area contributed by atoms with Crippen LogP contribution in [0.2, 0.25) is 0 Å². The summed E-state index contributed by atoms with van der Waals surface area (Å²) in [6, 6.07) is 8.20. The Hall–Kier alpha value is -1.07. The summed E-state index contributed by atoms with van der Waals surface area (Å²) in [4.78, 5) is 0. The highest BCUT2D eigenvalue weighted by Crippen LogP contribution is 2.11. The second-order valence-electron chi connectivity index (χ2n) is 4.04. The molecule has 5 heteroatoms. The molecule has 1 aromatic rings. The van der Waals surface area contributed by atoms with Crippen molar-refractivity contribution in [1.82, 2.24) is 4.72 Å². The summed E-state index contributed by atoms with van der Waals surface area (Å²) in [5, 5.41) is 3.19. The van der Waals surface area contributed by atoms with Gasteiger partial charge in [0.25, 0.3) is 0 Å². The maximum atomic E-state index is 10.8. The molecule has 0 aliphatic carbocycles. The Kier molecular flexibility index (Phi) is 5.44. The van der Waals surface area contributed by atoms with Gasteiger partial charge < -0.3 is 5.32 Å². The second-order valence-corrected chi connectivity index (χ2v) is 5.88. The first-order valence-corrected chi connectivity index (χ1v) is 7.68. The molecule has 0 amide bonds. The van der Waals surface area contributed by atoms with Gasteiger partial charge in [-0.15, -0.1) is 0 Å². The Bertz CT molecular complexity index is 444. The van der Waals surface area contributed by atoms with Crippen LogP contribution in [0.3, 0.4) is 0 Å². The third kappa shape index (κ3) is 6.28. The first kappa shape index (κ1) is 14.0. The molecule has 0 unspecified atom stereocenters. The van der Waals surface area contributed by atoms with Crippen LogP contribution in [0.15, 0.2) is 24.3 Å². The summed E-state index contributed by atoms with van der Waals surface area (Å²) in [5.41, 5.74) is 2.33. The van der Waals surface area contributed by atoms with E-state index in [0.717, 1.165) is 24.8 Å². The van der Waals surface area contributed by atoms with Crippen molar-refractivity contribution in [2.75, 3.05) is 24.7 Å². The summed E-state index contributed by atoms with van der Waals surface area (Å²) in [7, 11) is -3.09. The van der Waals surface area contributed by atoms with E-state index in [1.54, 1.807) is 0 Å². The summed E-state index contributed by atoms with van der Waals surface area (Å²) < 4.78 is 24.1. The number of anilines is 1. The monoisotopic (exact) mass is 256 g/mol. The number of hydrogen-bond donors (Lipinski definition) is 2. The van der Waals surface area contributed by atoms with Crippen molar-refractivity contribution < 1.29 is 8.42 Å². The van der Waals surface area contributed by atoms with Gasteiger partial charge in [0.05, 0.1) is 6.26 Å². The average Bonchev–Trinajstić information content (AvgIpc) is 2.24. The molecule has 0 aliphatic rings. The molecule has 0 aromatic heterocycles. The van der Waals surface area contributed by atoms with Crippen LogP contribution in [-0.2, 0) is 16.4 Å². The van der Waals surface area contributed by atoms with Gasteiger partial charge in [0.2, 0.25) is 10.0 Å². The Morgan fingerprint density at radius 3 is 2.65 bits per heavy atom. The zero-order valence-corrected chi connectivity index (χ0v) is 11.2. The average molecular weight is 256 g/mol. The van der Waals surface area contributed by atoms with Crippen molar-refractivity contribution >= 4 is 15.7 Å². The highest BCUT2D eigenvalue weighted by molar-refractivity contribution is 7.88. The number of nitrogens with one attached hydrogen (secondary N) is 2. The molecule has 0 fully saturated rings. The number of aryl methyl sites for hydroxylation is 1. The summed E-state index contributed by atoms with van der Waals surface area (Å²) in [6.45, 7) is 3.13. The van der Waals surface area contributed by atoms with Gasteiger partial charge in [0.15, 0.2) is 0 Å². The van der Waals surface area contributed by atoms with Gasteiger partial charge in [-0.25, -0.2) is 13.1 Å². The van der Waals surface area contributed by atoms with Crippen LogP contribution in [0, 0.1) is 0 Å². The van der Waals surface area contributed by atoms with Crippen molar-refractivity contribution in [1.29, 1.82) is 0 Å². The van der Waals surface area contributed by atoms with Gasteiger partial charge in [-0.2, -0.15) is 0 Å². The molecule has 96 valence electrons. The molecule has 0 radical (unpaired) electrons. The quantitative estimate of drug-likeness (QED) is 0.729. The highest BCUT2D eigenvalue weighted by Gasteiger charge is 1.99. The number of rotatable bonds is 7. The zero-order chi connectivity index (χ0) is 12.7. The fraction of sp³-hybridized carbons (Fsp3) is 0.500. The van der Waals surface area contributed by atoms with E-state index in [2.05, 4.69) is 29.1 Å². The minimum absolute atomic E-state index is 0.400. The Labute approximate surface area is 103 Å². The minimum Gasteiger partial charge on any atom is -0.384 e. The second kappa shape index (κ2) is 6.61. The van der Waals surface area contributed by atoms with Crippen LogP contribution in [0.25, 0.3) is 0 Å². The fourth-order valence-electron chi connectivity index (χ4n) is 1.57.